The first kappa shape index (κ1) is 13.0. The van der Waals surface area contributed by atoms with Gasteiger partial charge in [-0.25, -0.2) is 0 Å². The number of hydrogen-bond donors (Lipinski definition) is 2. The van der Waals surface area contributed by atoms with Gasteiger partial charge in [0, 0.05) is 5.56 Å². The van der Waals surface area contributed by atoms with Crippen molar-refractivity contribution < 1.29 is 0 Å². The van der Waals surface area contributed by atoms with Gasteiger partial charge in [-0.1, -0.05) is 59.6 Å². The van der Waals surface area contributed by atoms with Crippen LogP contribution in [-0.4, -0.2) is 11.7 Å². The molecule has 0 spiro atoms. The predicted octanol–water partition coefficient (Wildman–Crippen LogP) is 3.21. The molecule has 0 saturated carbocycles. The molecule has 0 unspecified atom stereocenters. The van der Waals surface area contributed by atoms with Crippen LogP contribution in [0.5, 0.6) is 0 Å². The van der Waals surface area contributed by atoms with Gasteiger partial charge in [0.05, 0.1) is 15.6 Å². The van der Waals surface area contributed by atoms with Gasteiger partial charge in [0.2, 0.25) is 0 Å². The quantitative estimate of drug-likeness (QED) is 0.895. The number of nitrogens with zero attached hydrogens (tertiary/aromatic N) is 2. The van der Waals surface area contributed by atoms with Gasteiger partial charge >= 0.3 is 0 Å². The molecular formula is C14H10Cl2N4. The highest BCUT2D eigenvalue weighted by atomic mass is 35.5. The molecule has 2 aromatic rings. The lowest BCUT2D eigenvalue weighted by Crippen LogP contribution is -2.45. The van der Waals surface area contributed by atoms with Crippen molar-refractivity contribution in [3.05, 3.63) is 69.7 Å². The topological polar surface area (TPSA) is 48.8 Å². The Morgan fingerprint density at radius 3 is 1.90 bits per heavy atom. The Bertz CT molecular complexity index is 675. The van der Waals surface area contributed by atoms with E-state index < -0.39 is 0 Å². The van der Waals surface area contributed by atoms with E-state index in [4.69, 9.17) is 23.2 Å². The maximum atomic E-state index is 6.13. The van der Waals surface area contributed by atoms with Crippen molar-refractivity contribution in [1.29, 1.82) is 0 Å². The third kappa shape index (κ3) is 2.48. The summed E-state index contributed by atoms with van der Waals surface area (Å²) in [6.07, 6.45) is 0. The second-order valence-electron chi connectivity index (χ2n) is 4.11. The fraction of sp³-hybridized carbons (Fsp3) is 0. The summed E-state index contributed by atoms with van der Waals surface area (Å²) in [4.78, 5) is 0. The Morgan fingerprint density at radius 1 is 0.700 bits per heavy atom. The minimum absolute atomic E-state index is 0.486. The van der Waals surface area contributed by atoms with Crippen LogP contribution in [0.4, 0.5) is 0 Å². The molecule has 0 aliphatic carbocycles. The molecule has 1 aliphatic heterocycles. The van der Waals surface area contributed by atoms with Gasteiger partial charge in [0.25, 0.3) is 0 Å². The molecule has 6 heteroatoms. The second-order valence-corrected chi connectivity index (χ2v) is 4.92. The molecule has 20 heavy (non-hydrogen) atoms. The molecule has 4 nitrogen and oxygen atoms in total. The van der Waals surface area contributed by atoms with Crippen molar-refractivity contribution >= 4 is 34.9 Å². The third-order valence-electron chi connectivity index (χ3n) is 2.80. The van der Waals surface area contributed by atoms with Crippen LogP contribution < -0.4 is 10.9 Å². The van der Waals surface area contributed by atoms with Crippen molar-refractivity contribution in [2.75, 3.05) is 0 Å². The Labute approximate surface area is 126 Å². The molecule has 0 saturated heterocycles. The lowest BCUT2D eigenvalue weighted by atomic mass is 10.2. The Hall–Kier alpha value is -2.04. The van der Waals surface area contributed by atoms with Gasteiger partial charge in [-0.05, 0) is 12.1 Å². The number of hydrazine groups is 1. The molecule has 0 atom stereocenters. The Kier molecular flexibility index (Phi) is 3.58. The molecule has 0 fully saturated rings. The zero-order chi connectivity index (χ0) is 13.9. The average Bonchev–Trinajstić information content (AvgIpc) is 2.49. The molecule has 0 aromatic heterocycles. The summed E-state index contributed by atoms with van der Waals surface area (Å²) in [6.45, 7) is 0. The van der Waals surface area contributed by atoms with E-state index in [1.54, 1.807) is 18.2 Å². The van der Waals surface area contributed by atoms with Gasteiger partial charge in [-0.15, -0.1) is 10.2 Å². The first-order valence-electron chi connectivity index (χ1n) is 5.93. The Balaban J connectivity index is 1.96. The first-order chi connectivity index (χ1) is 9.75. The number of rotatable bonds is 2. The van der Waals surface area contributed by atoms with Crippen LogP contribution in [0, 0.1) is 0 Å². The zero-order valence-corrected chi connectivity index (χ0v) is 11.8. The average molecular weight is 305 g/mol. The summed E-state index contributed by atoms with van der Waals surface area (Å²) in [5.41, 5.74) is 7.52. The van der Waals surface area contributed by atoms with E-state index in [0.717, 1.165) is 5.56 Å². The number of halogens is 2. The lowest BCUT2D eigenvalue weighted by molar-refractivity contribution is 0.826. The van der Waals surface area contributed by atoms with Gasteiger partial charge in [0.15, 0.2) is 11.7 Å². The predicted molar refractivity (Wildman–Crippen MR) is 82.2 cm³/mol. The minimum atomic E-state index is 0.486. The lowest BCUT2D eigenvalue weighted by Gasteiger charge is -2.18. The van der Waals surface area contributed by atoms with Crippen molar-refractivity contribution in [1.82, 2.24) is 10.9 Å². The number of benzene rings is 2. The maximum Gasteiger partial charge on any atom is 0.177 e. The highest BCUT2D eigenvalue weighted by molar-refractivity contribution is 6.40. The molecule has 0 radical (unpaired) electrons. The van der Waals surface area contributed by atoms with Crippen LogP contribution in [0.3, 0.4) is 0 Å². The molecule has 2 N–H and O–H groups in total. The molecule has 0 bridgehead atoms. The largest absolute Gasteiger partial charge is 0.281 e. The van der Waals surface area contributed by atoms with Crippen LogP contribution >= 0.6 is 23.2 Å². The highest BCUT2D eigenvalue weighted by Crippen LogP contribution is 2.24. The van der Waals surface area contributed by atoms with Crippen LogP contribution in [0.25, 0.3) is 0 Å². The van der Waals surface area contributed by atoms with Crippen LogP contribution in [0.15, 0.2) is 58.7 Å². The van der Waals surface area contributed by atoms with Crippen molar-refractivity contribution in [2.45, 2.75) is 0 Å². The van der Waals surface area contributed by atoms with E-state index in [9.17, 15) is 0 Å². The maximum absolute atomic E-state index is 6.13. The number of hydrogen-bond acceptors (Lipinski definition) is 4. The summed E-state index contributed by atoms with van der Waals surface area (Å²) in [5, 5.41) is 9.33. The molecule has 100 valence electrons. The van der Waals surface area contributed by atoms with E-state index >= 15 is 0 Å². The normalized spacial score (nSPS) is 13.9. The minimum Gasteiger partial charge on any atom is -0.281 e. The van der Waals surface area contributed by atoms with E-state index in [0.29, 0.717) is 27.3 Å². The van der Waals surface area contributed by atoms with E-state index in [-0.39, 0.29) is 0 Å². The summed E-state index contributed by atoms with van der Waals surface area (Å²) < 4.78 is 0. The zero-order valence-electron chi connectivity index (χ0n) is 10.3. The van der Waals surface area contributed by atoms with Crippen molar-refractivity contribution in [3.63, 3.8) is 0 Å². The van der Waals surface area contributed by atoms with Crippen LogP contribution in [0.1, 0.15) is 11.1 Å². The third-order valence-corrected chi connectivity index (χ3v) is 3.43. The van der Waals surface area contributed by atoms with Crippen LogP contribution in [-0.2, 0) is 0 Å². The van der Waals surface area contributed by atoms with Crippen LogP contribution in [0.2, 0.25) is 10.0 Å². The molecule has 2 aromatic carbocycles. The molecular weight excluding hydrogens is 295 g/mol. The molecule has 1 aliphatic rings. The van der Waals surface area contributed by atoms with Gasteiger partial charge in [-0.3, -0.25) is 10.9 Å². The molecule has 0 amide bonds. The molecule has 3 rings (SSSR count). The first-order valence-corrected chi connectivity index (χ1v) is 6.69. The monoisotopic (exact) mass is 304 g/mol. The Morgan fingerprint density at radius 2 is 1.30 bits per heavy atom. The van der Waals surface area contributed by atoms with Crippen molar-refractivity contribution in [2.24, 2.45) is 10.2 Å². The van der Waals surface area contributed by atoms with Gasteiger partial charge in [-0.2, -0.15) is 0 Å². The van der Waals surface area contributed by atoms with Gasteiger partial charge in [0.1, 0.15) is 0 Å². The van der Waals surface area contributed by atoms with E-state index in [1.807, 2.05) is 30.3 Å². The fourth-order valence-corrected chi connectivity index (χ4v) is 2.41. The summed E-state index contributed by atoms with van der Waals surface area (Å²) in [7, 11) is 0. The summed E-state index contributed by atoms with van der Waals surface area (Å²) in [5.74, 6) is 1.12. The summed E-state index contributed by atoms with van der Waals surface area (Å²) >= 11 is 12.3. The van der Waals surface area contributed by atoms with Crippen molar-refractivity contribution in [3.8, 4) is 0 Å². The SMILES string of the molecule is Clc1cccc(Cl)c1C1=NN=C(c2ccccc2)NN1. The smallest absolute Gasteiger partial charge is 0.177 e. The second kappa shape index (κ2) is 5.53. The molecule has 1 heterocycles. The fourth-order valence-electron chi connectivity index (χ4n) is 1.83. The number of amidine groups is 2. The number of nitrogens with one attached hydrogen (secondary N) is 2. The standard InChI is InChI=1S/C14H10Cl2N4/c15-10-7-4-8-11(16)12(10)14-19-17-13(18-20-14)9-5-2-1-3-6-9/h1-8H,(H,17,18)(H,19,20). The highest BCUT2D eigenvalue weighted by Gasteiger charge is 2.16. The van der Waals surface area contributed by atoms with Gasteiger partial charge < -0.3 is 0 Å². The van der Waals surface area contributed by atoms with E-state index in [1.165, 1.54) is 0 Å². The van der Waals surface area contributed by atoms with E-state index in [2.05, 4.69) is 21.1 Å². The summed E-state index contributed by atoms with van der Waals surface area (Å²) in [6, 6.07) is 15.0.